The smallest absolute Gasteiger partial charge is 0.328 e. The van der Waals surface area contributed by atoms with Gasteiger partial charge in [0, 0.05) is 12.6 Å². The second kappa shape index (κ2) is 5.71. The third-order valence-corrected chi connectivity index (χ3v) is 3.28. The molecule has 1 atom stereocenters. The third kappa shape index (κ3) is 2.67. The Morgan fingerprint density at radius 1 is 1.56 bits per heavy atom. The summed E-state index contributed by atoms with van der Waals surface area (Å²) in [6, 6.07) is 1.30. The van der Waals surface area contributed by atoms with E-state index in [1.54, 1.807) is 13.0 Å². The van der Waals surface area contributed by atoms with E-state index >= 15 is 0 Å². The lowest BCUT2D eigenvalue weighted by Gasteiger charge is -2.25. The number of carbonyl (C=O) groups is 1. The summed E-state index contributed by atoms with van der Waals surface area (Å²) in [7, 11) is 0. The van der Waals surface area contributed by atoms with Crippen molar-refractivity contribution in [2.75, 3.05) is 18.1 Å². The highest BCUT2D eigenvalue weighted by Gasteiger charge is 2.33. The van der Waals surface area contributed by atoms with Gasteiger partial charge in [-0.15, -0.1) is 10.2 Å². The Bertz CT molecular complexity index is 456. The highest BCUT2D eigenvalue weighted by Crippen LogP contribution is 2.32. The maximum Gasteiger partial charge on any atom is 0.328 e. The van der Waals surface area contributed by atoms with Crippen LogP contribution in [0.3, 0.4) is 0 Å². The highest BCUT2D eigenvalue weighted by atomic mass is 35.5. The second-order valence-corrected chi connectivity index (χ2v) is 4.69. The molecule has 1 aromatic rings. The van der Waals surface area contributed by atoms with Crippen LogP contribution in [0.5, 0.6) is 0 Å². The van der Waals surface area contributed by atoms with Gasteiger partial charge in [0.2, 0.25) is 0 Å². The third-order valence-electron chi connectivity index (χ3n) is 2.82. The van der Waals surface area contributed by atoms with Crippen LogP contribution in [-0.2, 0) is 9.53 Å². The van der Waals surface area contributed by atoms with Gasteiger partial charge >= 0.3 is 5.97 Å². The van der Waals surface area contributed by atoms with Crippen molar-refractivity contribution in [1.29, 1.82) is 0 Å². The lowest BCUT2D eigenvalue weighted by molar-refractivity contribution is -0.144. The number of ether oxygens (including phenoxy) is 1. The molecule has 0 N–H and O–H groups in total. The SMILES string of the molecule is CCOC(=O)C1CCCN1c1cc(Cl)nnc1Cl. The molecule has 1 aliphatic rings. The van der Waals surface area contributed by atoms with E-state index in [-0.39, 0.29) is 22.3 Å². The number of aromatic nitrogens is 2. The van der Waals surface area contributed by atoms with Crippen molar-refractivity contribution in [2.24, 2.45) is 0 Å². The lowest BCUT2D eigenvalue weighted by atomic mass is 10.2. The summed E-state index contributed by atoms with van der Waals surface area (Å²) in [4.78, 5) is 13.7. The van der Waals surface area contributed by atoms with Crippen LogP contribution in [0, 0.1) is 0 Å². The van der Waals surface area contributed by atoms with Crippen molar-refractivity contribution in [3.8, 4) is 0 Å². The normalized spacial score (nSPS) is 19.1. The van der Waals surface area contributed by atoms with Gasteiger partial charge in [-0.3, -0.25) is 0 Å². The maximum atomic E-state index is 11.8. The highest BCUT2D eigenvalue weighted by molar-refractivity contribution is 6.33. The van der Waals surface area contributed by atoms with Crippen LogP contribution in [0.25, 0.3) is 0 Å². The molecule has 0 spiro atoms. The molecule has 1 unspecified atom stereocenters. The zero-order chi connectivity index (χ0) is 13.1. The van der Waals surface area contributed by atoms with E-state index < -0.39 is 0 Å². The maximum absolute atomic E-state index is 11.8. The molecule has 0 radical (unpaired) electrons. The van der Waals surface area contributed by atoms with Crippen LogP contribution in [0.15, 0.2) is 6.07 Å². The van der Waals surface area contributed by atoms with Crippen LogP contribution in [-0.4, -0.2) is 35.4 Å². The zero-order valence-corrected chi connectivity index (χ0v) is 11.4. The lowest BCUT2D eigenvalue weighted by Crippen LogP contribution is -2.37. The molecule has 1 fully saturated rings. The van der Waals surface area contributed by atoms with E-state index in [0.29, 0.717) is 12.3 Å². The quantitative estimate of drug-likeness (QED) is 0.800. The summed E-state index contributed by atoms with van der Waals surface area (Å²) < 4.78 is 5.05. The number of hydrogen-bond donors (Lipinski definition) is 0. The molecular weight excluding hydrogens is 277 g/mol. The average Bonchev–Trinajstić information content (AvgIpc) is 2.81. The topological polar surface area (TPSA) is 55.3 Å². The van der Waals surface area contributed by atoms with Crippen molar-refractivity contribution < 1.29 is 9.53 Å². The van der Waals surface area contributed by atoms with E-state index in [1.165, 1.54) is 0 Å². The molecule has 2 rings (SSSR count). The fourth-order valence-corrected chi connectivity index (χ4v) is 2.43. The van der Waals surface area contributed by atoms with Crippen LogP contribution in [0.2, 0.25) is 10.3 Å². The number of carbonyl (C=O) groups excluding carboxylic acids is 1. The van der Waals surface area contributed by atoms with Crippen LogP contribution in [0.1, 0.15) is 19.8 Å². The molecule has 0 bridgehead atoms. The van der Waals surface area contributed by atoms with Gasteiger partial charge in [-0.05, 0) is 19.8 Å². The first-order chi connectivity index (χ1) is 8.63. The number of hydrogen-bond acceptors (Lipinski definition) is 5. The van der Waals surface area contributed by atoms with E-state index in [0.717, 1.165) is 19.4 Å². The van der Waals surface area contributed by atoms with Gasteiger partial charge in [0.25, 0.3) is 0 Å². The Labute approximate surface area is 115 Å². The first-order valence-electron chi connectivity index (χ1n) is 5.75. The Hall–Kier alpha value is -1.07. The van der Waals surface area contributed by atoms with Gasteiger partial charge in [0.15, 0.2) is 10.3 Å². The van der Waals surface area contributed by atoms with E-state index in [4.69, 9.17) is 27.9 Å². The van der Waals surface area contributed by atoms with E-state index in [9.17, 15) is 4.79 Å². The molecule has 0 aromatic carbocycles. The number of esters is 1. The predicted molar refractivity (Wildman–Crippen MR) is 69.1 cm³/mol. The molecule has 18 heavy (non-hydrogen) atoms. The molecule has 2 heterocycles. The van der Waals surface area contributed by atoms with Crippen molar-refractivity contribution >= 4 is 34.9 Å². The van der Waals surface area contributed by atoms with Gasteiger partial charge in [-0.25, -0.2) is 4.79 Å². The zero-order valence-electron chi connectivity index (χ0n) is 9.90. The van der Waals surface area contributed by atoms with E-state index in [2.05, 4.69) is 10.2 Å². The molecule has 1 aromatic heterocycles. The van der Waals surface area contributed by atoms with Gasteiger partial charge in [0.1, 0.15) is 6.04 Å². The summed E-state index contributed by atoms with van der Waals surface area (Å²) in [5.41, 5.74) is 0.632. The number of nitrogens with zero attached hydrogens (tertiary/aromatic N) is 3. The molecule has 98 valence electrons. The Balaban J connectivity index is 2.25. The molecule has 0 aliphatic carbocycles. The fourth-order valence-electron chi connectivity index (χ4n) is 2.08. The second-order valence-electron chi connectivity index (χ2n) is 3.95. The van der Waals surface area contributed by atoms with Crippen molar-refractivity contribution in [3.63, 3.8) is 0 Å². The summed E-state index contributed by atoms with van der Waals surface area (Å²) >= 11 is 11.8. The largest absolute Gasteiger partial charge is 0.464 e. The standard InChI is InChI=1S/C11H13Cl2N3O2/c1-2-18-11(17)7-4-3-5-16(7)8-6-9(12)14-15-10(8)13/h6-7H,2-5H2,1H3. The van der Waals surface area contributed by atoms with Crippen molar-refractivity contribution in [2.45, 2.75) is 25.8 Å². The number of anilines is 1. The summed E-state index contributed by atoms with van der Waals surface area (Å²) in [6.45, 7) is 2.88. The minimum atomic E-state index is -0.317. The minimum Gasteiger partial charge on any atom is -0.464 e. The molecule has 0 amide bonds. The fraction of sp³-hybridized carbons (Fsp3) is 0.545. The minimum absolute atomic E-state index is 0.237. The van der Waals surface area contributed by atoms with Gasteiger partial charge in [-0.1, -0.05) is 23.2 Å². The van der Waals surface area contributed by atoms with Crippen LogP contribution >= 0.6 is 23.2 Å². The Morgan fingerprint density at radius 2 is 2.33 bits per heavy atom. The molecule has 7 heteroatoms. The molecule has 5 nitrogen and oxygen atoms in total. The molecule has 1 aliphatic heterocycles. The summed E-state index contributed by atoms with van der Waals surface area (Å²) in [5, 5.41) is 7.91. The number of rotatable bonds is 3. The van der Waals surface area contributed by atoms with Gasteiger partial charge < -0.3 is 9.64 Å². The van der Waals surface area contributed by atoms with Gasteiger partial charge in [0.05, 0.1) is 12.3 Å². The monoisotopic (exact) mass is 289 g/mol. The van der Waals surface area contributed by atoms with Crippen molar-refractivity contribution in [1.82, 2.24) is 10.2 Å². The first kappa shape index (κ1) is 13.4. The predicted octanol–water partition coefficient (Wildman–Crippen LogP) is 2.32. The molecule has 1 saturated heterocycles. The molecule has 0 saturated carbocycles. The van der Waals surface area contributed by atoms with Crippen LogP contribution < -0.4 is 4.90 Å². The Kier molecular flexibility index (Phi) is 4.24. The average molecular weight is 290 g/mol. The van der Waals surface area contributed by atoms with Gasteiger partial charge in [-0.2, -0.15) is 0 Å². The van der Waals surface area contributed by atoms with Crippen molar-refractivity contribution in [3.05, 3.63) is 16.4 Å². The summed E-state index contributed by atoms with van der Waals surface area (Å²) in [6.07, 6.45) is 1.65. The molecular formula is C11H13Cl2N3O2. The summed E-state index contributed by atoms with van der Waals surface area (Å²) in [5.74, 6) is -0.237. The first-order valence-corrected chi connectivity index (χ1v) is 6.51. The number of halogens is 2. The Morgan fingerprint density at radius 3 is 3.06 bits per heavy atom. The van der Waals surface area contributed by atoms with Crippen LogP contribution in [0.4, 0.5) is 5.69 Å². The van der Waals surface area contributed by atoms with E-state index in [1.807, 2.05) is 4.90 Å².